The normalized spacial score (nSPS) is 12.1. The van der Waals surface area contributed by atoms with Crippen molar-refractivity contribution in [2.45, 2.75) is 19.4 Å². The molecule has 1 heterocycles. The van der Waals surface area contributed by atoms with Crippen molar-refractivity contribution >= 4 is 70.6 Å². The van der Waals surface area contributed by atoms with E-state index >= 15 is 0 Å². The van der Waals surface area contributed by atoms with Crippen LogP contribution in [0.2, 0.25) is 0 Å². The molecule has 1 aromatic heterocycles. The van der Waals surface area contributed by atoms with Crippen molar-refractivity contribution in [2.75, 3.05) is 14.2 Å². The van der Waals surface area contributed by atoms with Gasteiger partial charge in [-0.25, -0.2) is 4.79 Å². The third kappa shape index (κ3) is 3.78. The van der Waals surface area contributed by atoms with Crippen LogP contribution in [0.1, 0.15) is 12.5 Å². The molecule has 0 aliphatic rings. The first-order chi connectivity index (χ1) is 11.3. The molecule has 0 saturated carbocycles. The van der Waals surface area contributed by atoms with Crippen molar-refractivity contribution in [3.8, 4) is 5.75 Å². The van der Waals surface area contributed by atoms with Crippen LogP contribution in [0.5, 0.6) is 5.75 Å². The highest BCUT2D eigenvalue weighted by molar-refractivity contribution is 9.11. The quantitative estimate of drug-likeness (QED) is 0.582. The highest BCUT2D eigenvalue weighted by Crippen LogP contribution is 2.43. The molecule has 2 rings (SSSR count). The van der Waals surface area contributed by atoms with Crippen molar-refractivity contribution in [1.82, 2.24) is 10.3 Å². The molecule has 1 amide bonds. The zero-order valence-electron chi connectivity index (χ0n) is 13.1. The average Bonchev–Trinajstić information content (AvgIpc) is 2.81. The molecule has 1 aromatic carbocycles. The zero-order chi connectivity index (χ0) is 18.0. The van der Waals surface area contributed by atoms with Gasteiger partial charge in [0.2, 0.25) is 5.91 Å². The number of carbonyl (C=O) groups excluding carboxylic acids is 2. The molecule has 0 bridgehead atoms. The van der Waals surface area contributed by atoms with E-state index in [0.29, 0.717) is 5.75 Å². The van der Waals surface area contributed by atoms with Crippen LogP contribution in [0.4, 0.5) is 0 Å². The highest BCUT2D eigenvalue weighted by atomic mass is 79.9. The Morgan fingerprint density at radius 2 is 1.96 bits per heavy atom. The van der Waals surface area contributed by atoms with Crippen molar-refractivity contribution in [3.63, 3.8) is 0 Å². The standard InChI is InChI=1S/C15H15Br3N2O4/c1-6(21)19-10(15(22)24-3)4-7-11-9(20-14(7)18)5-8(16)13(23-2)12(11)17/h5,10,20H,4H2,1-3H3,(H,19,21)/t10-/m0/s1. The summed E-state index contributed by atoms with van der Waals surface area (Å²) in [6.07, 6.45) is 0.260. The number of esters is 1. The summed E-state index contributed by atoms with van der Waals surface area (Å²) in [7, 11) is 2.87. The summed E-state index contributed by atoms with van der Waals surface area (Å²) >= 11 is 10.5. The molecular formula is C15H15Br3N2O4. The second-order valence-corrected chi connectivity index (χ2v) is 7.47. The third-order valence-electron chi connectivity index (χ3n) is 3.46. The third-order valence-corrected chi connectivity index (χ3v) is 5.49. The van der Waals surface area contributed by atoms with Crippen molar-refractivity contribution in [3.05, 3.63) is 25.2 Å². The van der Waals surface area contributed by atoms with E-state index in [9.17, 15) is 9.59 Å². The average molecular weight is 527 g/mol. The Morgan fingerprint density at radius 1 is 1.29 bits per heavy atom. The van der Waals surface area contributed by atoms with Crippen LogP contribution in [0.3, 0.4) is 0 Å². The summed E-state index contributed by atoms with van der Waals surface area (Å²) in [6, 6.07) is 1.10. The number of methoxy groups -OCH3 is 2. The molecule has 0 aliphatic heterocycles. The van der Waals surface area contributed by atoms with Crippen molar-refractivity contribution < 1.29 is 19.1 Å². The molecule has 1 atom stereocenters. The number of fused-ring (bicyclic) bond motifs is 1. The molecule has 6 nitrogen and oxygen atoms in total. The number of H-pyrrole nitrogens is 1. The minimum atomic E-state index is -0.788. The predicted octanol–water partition coefficient (Wildman–Crippen LogP) is 3.68. The van der Waals surface area contributed by atoms with Gasteiger partial charge in [-0.05, 0) is 59.4 Å². The smallest absolute Gasteiger partial charge is 0.328 e. The predicted molar refractivity (Wildman–Crippen MR) is 101 cm³/mol. The van der Waals surface area contributed by atoms with E-state index in [1.165, 1.54) is 14.0 Å². The minimum absolute atomic E-state index is 0.260. The Bertz CT molecular complexity index is 804. The molecule has 0 spiro atoms. The Balaban J connectivity index is 2.56. The van der Waals surface area contributed by atoms with Gasteiger partial charge >= 0.3 is 5.97 Å². The maximum atomic E-state index is 12.0. The van der Waals surface area contributed by atoms with Crippen molar-refractivity contribution in [1.29, 1.82) is 0 Å². The number of benzene rings is 1. The lowest BCUT2D eigenvalue weighted by Gasteiger charge is -2.16. The summed E-state index contributed by atoms with van der Waals surface area (Å²) in [5.74, 6) is -0.170. The molecule has 130 valence electrons. The van der Waals surface area contributed by atoms with Gasteiger partial charge < -0.3 is 19.8 Å². The van der Waals surface area contributed by atoms with E-state index in [-0.39, 0.29) is 12.3 Å². The van der Waals surface area contributed by atoms with Crippen LogP contribution in [0.15, 0.2) is 19.6 Å². The number of nitrogens with one attached hydrogen (secondary N) is 2. The van der Waals surface area contributed by atoms with Gasteiger partial charge in [0.1, 0.15) is 11.8 Å². The fraction of sp³-hybridized carbons (Fsp3) is 0.333. The lowest BCUT2D eigenvalue weighted by atomic mass is 10.0. The number of ether oxygens (including phenoxy) is 2. The summed E-state index contributed by atoms with van der Waals surface area (Å²) in [4.78, 5) is 26.6. The monoisotopic (exact) mass is 524 g/mol. The van der Waals surface area contributed by atoms with Crippen LogP contribution in [0.25, 0.3) is 10.9 Å². The van der Waals surface area contributed by atoms with Crippen LogP contribution in [-0.2, 0) is 20.7 Å². The molecule has 2 aromatic rings. The molecule has 0 unspecified atom stereocenters. The molecule has 2 N–H and O–H groups in total. The second-order valence-electron chi connectivity index (χ2n) is 5.03. The minimum Gasteiger partial charge on any atom is -0.494 e. The van der Waals surface area contributed by atoms with Crippen LogP contribution >= 0.6 is 47.8 Å². The molecule has 0 fully saturated rings. The van der Waals surface area contributed by atoms with Crippen LogP contribution < -0.4 is 10.1 Å². The Labute approximate surface area is 164 Å². The number of aromatic nitrogens is 1. The maximum Gasteiger partial charge on any atom is 0.328 e. The zero-order valence-corrected chi connectivity index (χ0v) is 17.9. The van der Waals surface area contributed by atoms with Gasteiger partial charge in [0.05, 0.1) is 27.8 Å². The molecule has 0 aliphatic carbocycles. The van der Waals surface area contributed by atoms with Gasteiger partial charge in [0.15, 0.2) is 0 Å². The Hall–Kier alpha value is -1.06. The van der Waals surface area contributed by atoms with E-state index in [1.807, 2.05) is 6.07 Å². The van der Waals surface area contributed by atoms with Crippen LogP contribution in [0, 0.1) is 0 Å². The Kier molecular flexibility index (Phi) is 6.33. The van der Waals surface area contributed by atoms with Crippen molar-refractivity contribution in [2.24, 2.45) is 0 Å². The van der Waals surface area contributed by atoms with Crippen LogP contribution in [-0.4, -0.2) is 37.1 Å². The lowest BCUT2D eigenvalue weighted by molar-refractivity contribution is -0.144. The van der Waals surface area contributed by atoms with E-state index in [2.05, 4.69) is 58.1 Å². The van der Waals surface area contributed by atoms with Gasteiger partial charge in [0.25, 0.3) is 0 Å². The summed E-state index contributed by atoms with van der Waals surface area (Å²) in [5.41, 5.74) is 1.68. The number of amides is 1. The van der Waals surface area contributed by atoms with Gasteiger partial charge in [0, 0.05) is 24.2 Å². The lowest BCUT2D eigenvalue weighted by Crippen LogP contribution is -2.42. The van der Waals surface area contributed by atoms with E-state index in [4.69, 9.17) is 9.47 Å². The first-order valence-corrected chi connectivity index (χ1v) is 9.25. The number of rotatable bonds is 5. The van der Waals surface area contributed by atoms with Gasteiger partial charge in [-0.3, -0.25) is 4.79 Å². The number of hydrogen-bond donors (Lipinski definition) is 2. The SMILES string of the molecule is COC(=O)[C@H](Cc1c(Br)[nH]c2cc(Br)c(OC)c(Br)c12)NC(C)=O. The van der Waals surface area contributed by atoms with E-state index in [1.54, 1.807) is 7.11 Å². The van der Waals surface area contributed by atoms with Gasteiger partial charge in [-0.15, -0.1) is 0 Å². The summed E-state index contributed by atoms with van der Waals surface area (Å²) < 4.78 is 12.4. The first-order valence-electron chi connectivity index (χ1n) is 6.87. The van der Waals surface area contributed by atoms with E-state index < -0.39 is 12.0 Å². The highest BCUT2D eigenvalue weighted by Gasteiger charge is 2.26. The summed E-state index contributed by atoms with van der Waals surface area (Å²) in [5, 5.41) is 3.48. The molecule has 9 heteroatoms. The number of aromatic amines is 1. The number of hydrogen-bond acceptors (Lipinski definition) is 4. The fourth-order valence-corrected chi connectivity index (χ4v) is 4.72. The number of halogens is 3. The molecule has 0 radical (unpaired) electrons. The molecular weight excluding hydrogens is 512 g/mol. The second kappa shape index (κ2) is 7.88. The first kappa shape index (κ1) is 19.3. The van der Waals surface area contributed by atoms with E-state index in [0.717, 1.165) is 30.0 Å². The number of carbonyl (C=O) groups is 2. The summed E-state index contributed by atoms with van der Waals surface area (Å²) in [6.45, 7) is 1.36. The molecule has 24 heavy (non-hydrogen) atoms. The molecule has 0 saturated heterocycles. The maximum absolute atomic E-state index is 12.0. The fourth-order valence-electron chi connectivity index (χ4n) is 2.46. The Morgan fingerprint density at radius 3 is 2.50 bits per heavy atom. The topological polar surface area (TPSA) is 80.4 Å². The largest absolute Gasteiger partial charge is 0.494 e. The van der Waals surface area contributed by atoms with Gasteiger partial charge in [-0.2, -0.15) is 0 Å². The van der Waals surface area contributed by atoms with Gasteiger partial charge in [-0.1, -0.05) is 0 Å².